The third kappa shape index (κ3) is 2.81. The van der Waals surface area contributed by atoms with Crippen molar-refractivity contribution in [3.8, 4) is 11.3 Å². The third-order valence-corrected chi connectivity index (χ3v) is 7.42. The van der Waals surface area contributed by atoms with E-state index in [1.807, 2.05) is 66.2 Å². The number of sulfonamides is 1. The lowest BCUT2D eigenvalue weighted by Crippen LogP contribution is -2.35. The van der Waals surface area contributed by atoms with E-state index in [1.54, 1.807) is 12.1 Å². The van der Waals surface area contributed by atoms with Crippen LogP contribution in [0.15, 0.2) is 83.8 Å². The van der Waals surface area contributed by atoms with Crippen LogP contribution >= 0.6 is 0 Å². The Bertz CT molecular complexity index is 1470. The summed E-state index contributed by atoms with van der Waals surface area (Å²) in [6.45, 7) is -0.552. The van der Waals surface area contributed by atoms with Gasteiger partial charge >= 0.3 is 0 Å². The number of Topliss-reactive ketones (excluding diaryl/α,β-unsaturated/α-hetero) is 1. The summed E-state index contributed by atoms with van der Waals surface area (Å²) in [6.07, 6.45) is 0. The zero-order valence-corrected chi connectivity index (χ0v) is 17.5. The second-order valence-electron chi connectivity index (χ2n) is 7.40. The maximum absolute atomic E-state index is 13.5. The van der Waals surface area contributed by atoms with Crippen molar-refractivity contribution in [2.45, 2.75) is 4.90 Å². The highest BCUT2D eigenvalue weighted by Crippen LogP contribution is 2.35. The van der Waals surface area contributed by atoms with Gasteiger partial charge in [0.25, 0.3) is 15.9 Å². The lowest BCUT2D eigenvalue weighted by molar-refractivity contribution is 0.0821. The van der Waals surface area contributed by atoms with E-state index in [2.05, 4.69) is 0 Å². The summed E-state index contributed by atoms with van der Waals surface area (Å²) in [5.41, 5.74) is 2.88. The minimum Gasteiger partial charge on any atom is -0.343 e. The number of benzene rings is 3. The van der Waals surface area contributed by atoms with Crippen LogP contribution in [0.2, 0.25) is 0 Å². The average molecular weight is 430 g/mol. The van der Waals surface area contributed by atoms with Crippen LogP contribution in [-0.4, -0.2) is 35.5 Å². The summed E-state index contributed by atoms with van der Waals surface area (Å²) in [7, 11) is -2.20. The predicted molar refractivity (Wildman–Crippen MR) is 117 cm³/mol. The first-order valence-electron chi connectivity index (χ1n) is 9.73. The summed E-state index contributed by atoms with van der Waals surface area (Å²) in [4.78, 5) is 26.3. The fraction of sp³-hybridized carbons (Fsp3) is 0.0833. The van der Waals surface area contributed by atoms with Gasteiger partial charge in [0.05, 0.1) is 16.8 Å². The van der Waals surface area contributed by atoms with Gasteiger partial charge in [-0.1, -0.05) is 60.7 Å². The van der Waals surface area contributed by atoms with Gasteiger partial charge in [0.1, 0.15) is 11.4 Å². The fourth-order valence-corrected chi connectivity index (χ4v) is 5.73. The van der Waals surface area contributed by atoms with Crippen LogP contribution in [0.1, 0.15) is 20.7 Å². The first-order valence-corrected chi connectivity index (χ1v) is 11.2. The number of ketones is 1. The molecule has 0 N–H and O–H groups in total. The van der Waals surface area contributed by atoms with Gasteiger partial charge in [0.2, 0.25) is 0 Å². The quantitative estimate of drug-likeness (QED) is 0.461. The Balaban J connectivity index is 1.65. The molecule has 1 amide bonds. The van der Waals surface area contributed by atoms with Crippen LogP contribution in [0.5, 0.6) is 0 Å². The molecule has 0 atom stereocenters. The van der Waals surface area contributed by atoms with Crippen molar-refractivity contribution in [1.29, 1.82) is 0 Å². The van der Waals surface area contributed by atoms with Gasteiger partial charge in [0.15, 0.2) is 5.78 Å². The Morgan fingerprint density at radius 1 is 0.871 bits per heavy atom. The van der Waals surface area contributed by atoms with Crippen molar-refractivity contribution < 1.29 is 18.0 Å². The Hall–Kier alpha value is -3.71. The molecule has 1 aliphatic heterocycles. The van der Waals surface area contributed by atoms with Gasteiger partial charge in [-0.15, -0.1) is 0 Å². The first-order chi connectivity index (χ1) is 14.9. The largest absolute Gasteiger partial charge is 0.343 e. The minimum absolute atomic E-state index is 0.0611. The maximum atomic E-state index is 13.5. The van der Waals surface area contributed by atoms with Crippen molar-refractivity contribution in [2.75, 3.05) is 6.54 Å². The molecule has 0 spiro atoms. The summed E-state index contributed by atoms with van der Waals surface area (Å²) in [5, 5.41) is 0.718. The molecule has 3 aromatic carbocycles. The second-order valence-corrected chi connectivity index (χ2v) is 9.23. The normalized spacial score (nSPS) is 14.7. The molecule has 0 aliphatic carbocycles. The van der Waals surface area contributed by atoms with E-state index in [-0.39, 0.29) is 10.5 Å². The molecule has 5 rings (SSSR count). The van der Waals surface area contributed by atoms with Crippen LogP contribution in [-0.2, 0) is 17.1 Å². The molecule has 0 radical (unpaired) electrons. The summed E-state index contributed by atoms with van der Waals surface area (Å²) in [5.74, 6) is -1.11. The number of para-hydroxylation sites is 1. The molecule has 154 valence electrons. The number of aromatic nitrogens is 1. The molecule has 31 heavy (non-hydrogen) atoms. The zero-order chi connectivity index (χ0) is 21.8. The van der Waals surface area contributed by atoms with Crippen molar-refractivity contribution >= 4 is 32.6 Å². The Labute approximate surface area is 179 Å². The van der Waals surface area contributed by atoms with Crippen LogP contribution < -0.4 is 0 Å². The summed E-state index contributed by atoms with van der Waals surface area (Å²) in [6, 6.07) is 22.9. The van der Waals surface area contributed by atoms with E-state index in [0.717, 1.165) is 16.5 Å². The van der Waals surface area contributed by atoms with Crippen molar-refractivity contribution in [2.24, 2.45) is 7.05 Å². The minimum atomic E-state index is -4.07. The SMILES string of the molecule is Cn1c(-c2ccccc2)c(C(=O)CN2C(=O)c3ccccc3S2(=O)=O)c2ccccc21. The monoisotopic (exact) mass is 430 g/mol. The molecule has 4 aromatic rings. The lowest BCUT2D eigenvalue weighted by atomic mass is 10.0. The molecule has 2 heterocycles. The Kier molecular flexibility index (Phi) is 4.30. The number of amides is 1. The zero-order valence-electron chi connectivity index (χ0n) is 16.6. The molecule has 0 bridgehead atoms. The number of hydrogen-bond donors (Lipinski definition) is 0. The Morgan fingerprint density at radius 3 is 2.26 bits per heavy atom. The number of carbonyl (C=O) groups is 2. The number of rotatable bonds is 4. The Morgan fingerprint density at radius 2 is 1.52 bits per heavy atom. The van der Waals surface area contributed by atoms with Crippen molar-refractivity contribution in [1.82, 2.24) is 8.87 Å². The van der Waals surface area contributed by atoms with E-state index >= 15 is 0 Å². The molecule has 1 aromatic heterocycles. The molecule has 7 heteroatoms. The van der Waals surface area contributed by atoms with Crippen molar-refractivity contribution in [3.63, 3.8) is 0 Å². The molecule has 0 fully saturated rings. The number of hydrogen-bond acceptors (Lipinski definition) is 4. The number of aryl methyl sites for hydroxylation is 1. The highest BCUT2D eigenvalue weighted by Gasteiger charge is 2.42. The average Bonchev–Trinajstić information content (AvgIpc) is 3.19. The smallest absolute Gasteiger partial charge is 0.269 e. The van der Waals surface area contributed by atoms with Crippen LogP contribution in [0, 0.1) is 0 Å². The van der Waals surface area contributed by atoms with E-state index < -0.39 is 28.3 Å². The molecule has 0 saturated carbocycles. The molecular weight excluding hydrogens is 412 g/mol. The van der Waals surface area contributed by atoms with Crippen LogP contribution in [0.3, 0.4) is 0 Å². The number of carbonyl (C=O) groups excluding carboxylic acids is 2. The van der Waals surface area contributed by atoms with E-state index in [0.29, 0.717) is 15.6 Å². The van der Waals surface area contributed by atoms with Gasteiger partial charge in [-0.2, -0.15) is 0 Å². The number of nitrogens with zero attached hydrogens (tertiary/aromatic N) is 2. The molecule has 1 aliphatic rings. The summed E-state index contributed by atoms with van der Waals surface area (Å²) < 4.78 is 28.5. The lowest BCUT2D eigenvalue weighted by Gasteiger charge is -2.15. The maximum Gasteiger partial charge on any atom is 0.269 e. The third-order valence-electron chi connectivity index (χ3n) is 5.63. The van der Waals surface area contributed by atoms with E-state index in [1.165, 1.54) is 12.1 Å². The topological polar surface area (TPSA) is 76.5 Å². The molecule has 0 saturated heterocycles. The van der Waals surface area contributed by atoms with Crippen LogP contribution in [0.4, 0.5) is 0 Å². The van der Waals surface area contributed by atoms with Gasteiger partial charge in [0, 0.05) is 18.0 Å². The van der Waals surface area contributed by atoms with Gasteiger partial charge in [-0.05, 0) is 23.8 Å². The van der Waals surface area contributed by atoms with Crippen molar-refractivity contribution in [3.05, 3.63) is 90.0 Å². The van der Waals surface area contributed by atoms with E-state index in [9.17, 15) is 18.0 Å². The summed E-state index contributed by atoms with van der Waals surface area (Å²) >= 11 is 0. The number of fused-ring (bicyclic) bond motifs is 2. The van der Waals surface area contributed by atoms with E-state index in [4.69, 9.17) is 0 Å². The molecular formula is C24H18N2O4S. The van der Waals surface area contributed by atoms with Crippen LogP contribution in [0.25, 0.3) is 22.2 Å². The molecule has 6 nitrogen and oxygen atoms in total. The van der Waals surface area contributed by atoms with Gasteiger partial charge in [-0.25, -0.2) is 12.7 Å². The van der Waals surface area contributed by atoms with Gasteiger partial charge in [-0.3, -0.25) is 9.59 Å². The first kappa shape index (κ1) is 19.3. The fourth-order valence-electron chi connectivity index (χ4n) is 4.21. The highest BCUT2D eigenvalue weighted by molar-refractivity contribution is 7.90. The highest BCUT2D eigenvalue weighted by atomic mass is 32.2. The predicted octanol–water partition coefficient (Wildman–Crippen LogP) is 3.87. The molecule has 0 unspecified atom stereocenters. The van der Waals surface area contributed by atoms with Gasteiger partial charge < -0.3 is 4.57 Å². The standard InChI is InChI=1S/C24H18N2O4S/c1-25-19-13-7-5-11-17(19)22(23(25)16-9-3-2-4-10-16)20(27)15-26-24(28)18-12-6-8-14-21(18)31(26,29)30/h2-14H,15H2,1H3. The second kappa shape index (κ2) is 6.92.